The van der Waals surface area contributed by atoms with Gasteiger partial charge in [-0.05, 0) is 37.1 Å². The van der Waals surface area contributed by atoms with Gasteiger partial charge in [0.2, 0.25) is 0 Å². The van der Waals surface area contributed by atoms with E-state index in [1.807, 2.05) is 12.1 Å². The van der Waals surface area contributed by atoms with Crippen LogP contribution in [0.4, 0.5) is 0 Å². The molecule has 1 aromatic heterocycles. The lowest BCUT2D eigenvalue weighted by Crippen LogP contribution is -1.80. The van der Waals surface area contributed by atoms with Crippen molar-refractivity contribution in [3.05, 3.63) is 52.0 Å². The Morgan fingerprint density at radius 1 is 1.11 bits per heavy atom. The van der Waals surface area contributed by atoms with Crippen LogP contribution in [0.1, 0.15) is 11.1 Å². The minimum Gasteiger partial charge on any atom is -0.236 e. The van der Waals surface area contributed by atoms with Crippen molar-refractivity contribution in [1.29, 1.82) is 0 Å². The second-order valence-electron chi connectivity index (χ2n) is 4.43. The maximum atomic E-state index is 4.77. The van der Waals surface area contributed by atoms with Crippen molar-refractivity contribution in [1.82, 2.24) is 4.98 Å². The minimum absolute atomic E-state index is 1.08. The fraction of sp³-hybridized carbons (Fsp3) is 0.133. The third-order valence-electron chi connectivity index (χ3n) is 2.93. The second kappa shape index (κ2) is 4.48. The average Bonchev–Trinajstić information content (AvgIpc) is 2.73. The number of benzene rings is 2. The molecule has 0 amide bonds. The number of aryl methyl sites for hydroxylation is 2. The van der Waals surface area contributed by atoms with Gasteiger partial charge in [-0.2, -0.15) is 0 Å². The Balaban J connectivity index is 2.26. The summed E-state index contributed by atoms with van der Waals surface area (Å²) in [6.07, 6.45) is 0. The summed E-state index contributed by atoms with van der Waals surface area (Å²) in [5, 5.41) is 1.08. The van der Waals surface area contributed by atoms with Gasteiger partial charge >= 0.3 is 0 Å². The van der Waals surface area contributed by atoms with Crippen LogP contribution < -0.4 is 0 Å². The van der Waals surface area contributed by atoms with Crippen molar-refractivity contribution >= 4 is 37.5 Å². The summed E-state index contributed by atoms with van der Waals surface area (Å²) >= 11 is 5.34. The van der Waals surface area contributed by atoms with Crippen LogP contribution in [-0.4, -0.2) is 4.98 Å². The predicted octanol–water partition coefficient (Wildman–Crippen LogP) is 5.34. The van der Waals surface area contributed by atoms with E-state index in [1.165, 1.54) is 15.8 Å². The molecule has 18 heavy (non-hydrogen) atoms. The lowest BCUT2D eigenvalue weighted by molar-refractivity contribution is 1.38. The summed E-state index contributed by atoms with van der Waals surface area (Å²) < 4.78 is 2.36. The number of nitrogens with zero attached hydrogens (tertiary/aromatic N) is 1. The maximum Gasteiger partial charge on any atom is 0.125 e. The van der Waals surface area contributed by atoms with Crippen molar-refractivity contribution in [3.63, 3.8) is 0 Å². The van der Waals surface area contributed by atoms with Gasteiger partial charge in [-0.1, -0.05) is 40.2 Å². The molecule has 2 aromatic carbocycles. The average molecular weight is 318 g/mol. The van der Waals surface area contributed by atoms with E-state index in [4.69, 9.17) is 4.98 Å². The highest BCUT2D eigenvalue weighted by molar-refractivity contribution is 9.10. The van der Waals surface area contributed by atoms with Crippen LogP contribution >= 0.6 is 27.3 Å². The molecular formula is C15H12BrNS. The molecule has 0 aliphatic carbocycles. The Kier molecular flexibility index (Phi) is 2.96. The van der Waals surface area contributed by atoms with E-state index in [-0.39, 0.29) is 0 Å². The molecule has 0 saturated carbocycles. The van der Waals surface area contributed by atoms with Crippen LogP contribution in [0.2, 0.25) is 0 Å². The molecule has 0 atom stereocenters. The standard InChI is InChI=1S/C15H12BrNS/c1-9-7-10(2)14-13(8-9)18-15(17-14)11-5-3-4-6-12(11)16/h3-8H,1-2H3. The first-order chi connectivity index (χ1) is 8.65. The van der Waals surface area contributed by atoms with Crippen LogP contribution in [0.3, 0.4) is 0 Å². The van der Waals surface area contributed by atoms with Crippen molar-refractivity contribution in [2.75, 3.05) is 0 Å². The molecule has 0 fully saturated rings. The second-order valence-corrected chi connectivity index (χ2v) is 6.31. The van der Waals surface area contributed by atoms with Crippen LogP contribution in [0, 0.1) is 13.8 Å². The molecule has 0 aliphatic rings. The maximum absolute atomic E-state index is 4.77. The monoisotopic (exact) mass is 317 g/mol. The molecule has 0 saturated heterocycles. The number of fused-ring (bicyclic) bond motifs is 1. The smallest absolute Gasteiger partial charge is 0.125 e. The molecule has 0 unspecified atom stereocenters. The molecule has 1 heterocycles. The largest absolute Gasteiger partial charge is 0.236 e. The molecule has 3 heteroatoms. The highest BCUT2D eigenvalue weighted by Crippen LogP contribution is 2.35. The molecule has 3 aromatic rings. The number of aromatic nitrogens is 1. The van der Waals surface area contributed by atoms with Gasteiger partial charge in [-0.15, -0.1) is 11.3 Å². The topological polar surface area (TPSA) is 12.9 Å². The Hall–Kier alpha value is -1.19. The Morgan fingerprint density at radius 3 is 2.67 bits per heavy atom. The fourth-order valence-electron chi connectivity index (χ4n) is 2.12. The molecule has 1 nitrogen and oxygen atoms in total. The summed E-state index contributed by atoms with van der Waals surface area (Å²) in [5.74, 6) is 0. The van der Waals surface area contributed by atoms with Gasteiger partial charge in [0.25, 0.3) is 0 Å². The van der Waals surface area contributed by atoms with Crippen LogP contribution in [0.5, 0.6) is 0 Å². The van der Waals surface area contributed by atoms with Crippen LogP contribution in [0.25, 0.3) is 20.8 Å². The van der Waals surface area contributed by atoms with Crippen molar-refractivity contribution in [2.24, 2.45) is 0 Å². The highest BCUT2D eigenvalue weighted by Gasteiger charge is 2.10. The molecule has 3 rings (SSSR count). The first-order valence-electron chi connectivity index (χ1n) is 5.78. The predicted molar refractivity (Wildman–Crippen MR) is 82.2 cm³/mol. The van der Waals surface area contributed by atoms with Crippen LogP contribution in [-0.2, 0) is 0 Å². The quantitative estimate of drug-likeness (QED) is 0.590. The molecule has 0 aliphatic heterocycles. The molecule has 90 valence electrons. The lowest BCUT2D eigenvalue weighted by atomic mass is 10.1. The van der Waals surface area contributed by atoms with E-state index in [1.54, 1.807) is 11.3 Å². The van der Waals surface area contributed by atoms with E-state index in [2.05, 4.69) is 54.0 Å². The Morgan fingerprint density at radius 2 is 1.89 bits per heavy atom. The van der Waals surface area contributed by atoms with E-state index in [0.717, 1.165) is 20.6 Å². The summed E-state index contributed by atoms with van der Waals surface area (Å²) in [6.45, 7) is 4.25. The number of hydrogen-bond acceptors (Lipinski definition) is 2. The van der Waals surface area contributed by atoms with E-state index < -0.39 is 0 Å². The van der Waals surface area contributed by atoms with Gasteiger partial charge in [0.1, 0.15) is 5.01 Å². The van der Waals surface area contributed by atoms with E-state index >= 15 is 0 Å². The normalized spacial score (nSPS) is 11.1. The van der Waals surface area contributed by atoms with Crippen molar-refractivity contribution in [3.8, 4) is 10.6 Å². The Labute approximate surface area is 119 Å². The first-order valence-corrected chi connectivity index (χ1v) is 7.39. The molecule has 0 bridgehead atoms. The summed E-state index contributed by atoms with van der Waals surface area (Å²) in [6, 6.07) is 12.6. The molecule has 0 spiro atoms. The fourth-order valence-corrected chi connectivity index (χ4v) is 3.91. The van der Waals surface area contributed by atoms with Crippen molar-refractivity contribution in [2.45, 2.75) is 13.8 Å². The third kappa shape index (κ3) is 1.98. The zero-order valence-corrected chi connectivity index (χ0v) is 12.6. The zero-order valence-electron chi connectivity index (χ0n) is 10.2. The summed E-state index contributed by atoms with van der Waals surface area (Å²) in [7, 11) is 0. The zero-order chi connectivity index (χ0) is 12.7. The van der Waals surface area contributed by atoms with Crippen molar-refractivity contribution < 1.29 is 0 Å². The molecule has 0 radical (unpaired) electrons. The van der Waals surface area contributed by atoms with Gasteiger partial charge in [0, 0.05) is 10.0 Å². The Bertz CT molecular complexity index is 730. The SMILES string of the molecule is Cc1cc(C)c2nc(-c3ccccc3Br)sc2c1. The van der Waals surface area contributed by atoms with Gasteiger partial charge in [0.15, 0.2) is 0 Å². The third-order valence-corrected chi connectivity index (χ3v) is 4.66. The number of halogens is 1. The summed E-state index contributed by atoms with van der Waals surface area (Å²) in [5.41, 5.74) is 4.83. The molecule has 0 N–H and O–H groups in total. The first kappa shape index (κ1) is 11.9. The van der Waals surface area contributed by atoms with Gasteiger partial charge in [-0.3, -0.25) is 0 Å². The van der Waals surface area contributed by atoms with Gasteiger partial charge in [0.05, 0.1) is 10.2 Å². The number of hydrogen-bond donors (Lipinski definition) is 0. The minimum atomic E-state index is 1.08. The summed E-state index contributed by atoms with van der Waals surface area (Å²) in [4.78, 5) is 4.77. The number of thiazole rings is 1. The van der Waals surface area contributed by atoms with Gasteiger partial charge < -0.3 is 0 Å². The lowest BCUT2D eigenvalue weighted by Gasteiger charge is -1.98. The van der Waals surface area contributed by atoms with Crippen LogP contribution in [0.15, 0.2) is 40.9 Å². The highest BCUT2D eigenvalue weighted by atomic mass is 79.9. The van der Waals surface area contributed by atoms with Gasteiger partial charge in [-0.25, -0.2) is 4.98 Å². The number of rotatable bonds is 1. The molecular weight excluding hydrogens is 306 g/mol. The van der Waals surface area contributed by atoms with E-state index in [9.17, 15) is 0 Å². The van der Waals surface area contributed by atoms with E-state index in [0.29, 0.717) is 0 Å².